The molecule has 0 aromatic carbocycles. The summed E-state index contributed by atoms with van der Waals surface area (Å²) < 4.78 is 60.9. The molecule has 0 amide bonds. The van der Waals surface area contributed by atoms with Crippen molar-refractivity contribution >= 4 is 33.6 Å². The topological polar surface area (TPSA) is 231 Å². The van der Waals surface area contributed by atoms with Crippen LogP contribution in [0.3, 0.4) is 0 Å². The summed E-state index contributed by atoms with van der Waals surface area (Å²) in [6.07, 6.45) is 83.4. The Bertz CT molecular complexity index is 2310. The van der Waals surface area contributed by atoms with Crippen LogP contribution in [0.15, 0.2) is 146 Å². The van der Waals surface area contributed by atoms with Gasteiger partial charge in [0.05, 0.1) is 26.4 Å². The normalized spacial score (nSPS) is 15.0. The van der Waals surface area contributed by atoms with Crippen LogP contribution in [0.5, 0.6) is 0 Å². The van der Waals surface area contributed by atoms with Crippen molar-refractivity contribution in [1.82, 2.24) is 0 Å². The maximum absolute atomic E-state index is 12.9. The van der Waals surface area contributed by atoms with E-state index in [0.717, 1.165) is 173 Å². The lowest BCUT2D eigenvalue weighted by Gasteiger charge is -2.21. The minimum Gasteiger partial charge on any atom is -0.463 e. The van der Waals surface area contributed by atoms with E-state index in [0.29, 0.717) is 19.3 Å². The van der Waals surface area contributed by atoms with Gasteiger partial charge in [-0.25, -0.2) is 9.13 Å². The first-order valence-corrected chi connectivity index (χ1v) is 39.1. The lowest BCUT2D eigenvalue weighted by molar-refractivity contribution is -0.161. The molecule has 0 aliphatic carbocycles. The van der Waals surface area contributed by atoms with Crippen LogP contribution in [0, 0.1) is 0 Å². The van der Waals surface area contributed by atoms with Crippen molar-refractivity contribution in [3.8, 4) is 0 Å². The summed E-state index contributed by atoms with van der Waals surface area (Å²) in [6.45, 7) is 2.31. The number of aliphatic hydroxyl groups excluding tert-OH is 2. The van der Waals surface area contributed by atoms with E-state index in [2.05, 4.69) is 167 Å². The summed E-state index contributed by atoms with van der Waals surface area (Å²) in [5.74, 6) is -1.63. The molecular formula is C77H128O16P2. The van der Waals surface area contributed by atoms with E-state index >= 15 is 0 Å². The van der Waals surface area contributed by atoms with Crippen molar-refractivity contribution < 1.29 is 75.8 Å². The number of phosphoric ester groups is 2. The monoisotopic (exact) mass is 1370 g/mol. The molecule has 0 saturated heterocycles. The molecule has 5 unspecified atom stereocenters. The number of ether oxygens (including phenoxy) is 3. The molecule has 0 heterocycles. The largest absolute Gasteiger partial charge is 0.472 e. The molecule has 4 N–H and O–H groups in total. The van der Waals surface area contributed by atoms with Gasteiger partial charge in [-0.1, -0.05) is 256 Å². The van der Waals surface area contributed by atoms with E-state index in [1.54, 1.807) is 0 Å². The molecular weight excluding hydrogens is 1240 g/mol. The third-order valence-electron chi connectivity index (χ3n) is 14.5. The fraction of sp³-hybridized carbons (Fsp3) is 0.649. The Morgan fingerprint density at radius 3 is 0.884 bits per heavy atom. The molecule has 0 radical (unpaired) electrons. The van der Waals surface area contributed by atoms with Crippen LogP contribution < -0.4 is 0 Å². The maximum Gasteiger partial charge on any atom is 0.472 e. The number of carbonyl (C=O) groups is 3. The molecule has 5 atom stereocenters. The SMILES string of the molecule is CC/C=C\C/C=C\C/C=C\C/C=C\C/C=C\C/C=C\CCCCCCCCCCCCC(=O)OCC(O)COP(=O)(O)OCC(O)COP(=O)(O)OCC(COC(=O)CCCCCC/C=C\C/C=C\C/C=C\C/C=C\CC)OC(=O)CCCCCCC/C=C\C/C=C\CCC. The molecule has 0 aliphatic heterocycles. The Morgan fingerprint density at radius 2 is 0.558 bits per heavy atom. The second-order valence-corrected chi connectivity index (χ2v) is 26.5. The van der Waals surface area contributed by atoms with Gasteiger partial charge < -0.3 is 34.2 Å². The lowest BCUT2D eigenvalue weighted by atomic mass is 10.1. The number of unbranched alkanes of at least 4 members (excludes halogenated alkanes) is 20. The van der Waals surface area contributed by atoms with Crippen molar-refractivity contribution in [1.29, 1.82) is 0 Å². The Labute approximate surface area is 575 Å². The molecule has 0 aromatic heterocycles. The first-order valence-electron chi connectivity index (χ1n) is 36.1. The van der Waals surface area contributed by atoms with Gasteiger partial charge in [-0.2, -0.15) is 0 Å². The highest BCUT2D eigenvalue weighted by Gasteiger charge is 2.29. The van der Waals surface area contributed by atoms with Gasteiger partial charge in [0.25, 0.3) is 0 Å². The molecule has 542 valence electrons. The predicted octanol–water partition coefficient (Wildman–Crippen LogP) is 20.5. The van der Waals surface area contributed by atoms with Gasteiger partial charge >= 0.3 is 33.6 Å². The molecule has 0 saturated carbocycles. The number of esters is 3. The Hall–Kier alpha value is -4.57. The second kappa shape index (κ2) is 69.3. The van der Waals surface area contributed by atoms with E-state index in [1.807, 2.05) is 0 Å². The first-order chi connectivity index (χ1) is 46.2. The highest BCUT2D eigenvalue weighted by atomic mass is 31.2. The third-order valence-corrected chi connectivity index (χ3v) is 16.4. The van der Waals surface area contributed by atoms with E-state index in [1.165, 1.54) is 32.1 Å². The highest BCUT2D eigenvalue weighted by molar-refractivity contribution is 7.47. The van der Waals surface area contributed by atoms with Crippen molar-refractivity contribution in [3.63, 3.8) is 0 Å². The molecule has 16 nitrogen and oxygen atoms in total. The molecule has 0 rings (SSSR count). The molecule has 95 heavy (non-hydrogen) atoms. The van der Waals surface area contributed by atoms with Crippen LogP contribution in [0.25, 0.3) is 0 Å². The minimum absolute atomic E-state index is 0.0789. The maximum atomic E-state index is 12.9. The van der Waals surface area contributed by atoms with Crippen LogP contribution in [0.2, 0.25) is 0 Å². The Balaban J connectivity index is 4.52. The highest BCUT2D eigenvalue weighted by Crippen LogP contribution is 2.45. The molecule has 0 aromatic rings. The zero-order chi connectivity index (χ0) is 69.5. The van der Waals surface area contributed by atoms with Crippen LogP contribution in [0.1, 0.15) is 265 Å². The Morgan fingerprint density at radius 1 is 0.305 bits per heavy atom. The fourth-order valence-electron chi connectivity index (χ4n) is 9.07. The van der Waals surface area contributed by atoms with Gasteiger partial charge in [0.15, 0.2) is 6.10 Å². The second-order valence-electron chi connectivity index (χ2n) is 23.6. The van der Waals surface area contributed by atoms with Crippen LogP contribution in [-0.4, -0.2) is 95.9 Å². The summed E-state index contributed by atoms with van der Waals surface area (Å²) >= 11 is 0. The number of hydrogen-bond donors (Lipinski definition) is 4. The number of allylic oxidation sites excluding steroid dienone is 24. The number of phosphoric acid groups is 2. The van der Waals surface area contributed by atoms with Gasteiger partial charge in [-0.15, -0.1) is 0 Å². The standard InChI is InChI=1S/C77H128O16P2/c1-4-7-10-13-16-19-22-25-27-29-30-31-32-33-34-35-36-37-38-39-40-42-44-46-48-51-54-57-60-63-75(80)87-66-72(78)67-89-94(83,84)90-68-73(79)69-91-95(85,86)92-71-74(93-77(82)65-62-59-56-53-50-45-24-21-18-15-12-9-6-3)70-88-76(81)64-61-58-55-52-49-47-43-41-28-26-23-20-17-14-11-8-5-2/h7-8,10-12,15-17,19-21,24-28,30-31,33-34,36-37,43,47,72-74,78-79H,4-6,9,13-14,18,22-23,29,32,35,38-42,44-46,48-71H2,1-3H3,(H,83,84)(H,85,86)/b10-7-,11-8-,15-12-,19-16-,20-17-,24-21-,27-25-,28-26-,31-30-,34-33-,37-36-,47-43-. The van der Waals surface area contributed by atoms with Crippen LogP contribution in [0.4, 0.5) is 0 Å². The van der Waals surface area contributed by atoms with Crippen molar-refractivity contribution in [2.75, 3.05) is 39.6 Å². The molecule has 0 fully saturated rings. The first kappa shape index (κ1) is 90.4. The van der Waals surface area contributed by atoms with E-state index < -0.39 is 91.5 Å². The minimum atomic E-state index is -4.94. The number of rotatable bonds is 67. The predicted molar refractivity (Wildman–Crippen MR) is 389 cm³/mol. The van der Waals surface area contributed by atoms with Gasteiger partial charge in [-0.3, -0.25) is 32.5 Å². The zero-order valence-electron chi connectivity index (χ0n) is 58.8. The quantitative estimate of drug-likeness (QED) is 0.0146. The molecule has 0 spiro atoms. The Kier molecular flexibility index (Phi) is 66.0. The van der Waals surface area contributed by atoms with Crippen molar-refractivity contribution in [3.05, 3.63) is 146 Å². The van der Waals surface area contributed by atoms with Gasteiger partial charge in [0.1, 0.15) is 25.4 Å². The van der Waals surface area contributed by atoms with E-state index in [9.17, 15) is 43.5 Å². The van der Waals surface area contributed by atoms with Crippen molar-refractivity contribution in [2.45, 2.75) is 283 Å². The van der Waals surface area contributed by atoms with E-state index in [4.69, 9.17) is 32.3 Å². The number of aliphatic hydroxyl groups is 2. The summed E-state index contributed by atoms with van der Waals surface area (Å²) in [5, 5.41) is 20.6. The molecule has 0 aliphatic rings. The summed E-state index contributed by atoms with van der Waals surface area (Å²) in [5.41, 5.74) is 0. The summed E-state index contributed by atoms with van der Waals surface area (Å²) in [7, 11) is -9.80. The lowest BCUT2D eigenvalue weighted by Crippen LogP contribution is -2.30. The third kappa shape index (κ3) is 70.6. The van der Waals surface area contributed by atoms with Gasteiger partial charge in [0, 0.05) is 19.3 Å². The van der Waals surface area contributed by atoms with Crippen molar-refractivity contribution in [2.24, 2.45) is 0 Å². The van der Waals surface area contributed by atoms with Crippen LogP contribution in [-0.2, 0) is 55.8 Å². The van der Waals surface area contributed by atoms with Crippen LogP contribution >= 0.6 is 15.6 Å². The van der Waals surface area contributed by atoms with Gasteiger partial charge in [0.2, 0.25) is 0 Å². The average molecular weight is 1370 g/mol. The number of hydrogen-bond acceptors (Lipinski definition) is 14. The fourth-order valence-corrected chi connectivity index (χ4v) is 10.7. The molecule has 18 heteroatoms. The average Bonchev–Trinajstić information content (AvgIpc) is 3.76. The zero-order valence-corrected chi connectivity index (χ0v) is 60.6. The van der Waals surface area contributed by atoms with Gasteiger partial charge in [-0.05, 0) is 135 Å². The summed E-state index contributed by atoms with van der Waals surface area (Å²) in [6, 6.07) is 0. The molecule has 0 bridgehead atoms. The smallest absolute Gasteiger partial charge is 0.463 e. The van der Waals surface area contributed by atoms with E-state index in [-0.39, 0.29) is 19.3 Å². The summed E-state index contributed by atoms with van der Waals surface area (Å²) in [4.78, 5) is 58.4. The number of carbonyl (C=O) groups excluding carboxylic acids is 3.